The fourth-order valence-electron chi connectivity index (χ4n) is 3.14. The van der Waals surface area contributed by atoms with E-state index in [0.717, 1.165) is 18.6 Å². The first-order valence-electron chi connectivity index (χ1n) is 10.1. The molecule has 0 spiro atoms. The maximum atomic E-state index is 12.5. The third-order valence-corrected chi connectivity index (χ3v) is 8.04. The van der Waals surface area contributed by atoms with Crippen LogP contribution >= 0.6 is 11.8 Å². The number of ether oxygens (including phenoxy) is 1. The van der Waals surface area contributed by atoms with Crippen molar-refractivity contribution in [3.63, 3.8) is 0 Å². The van der Waals surface area contributed by atoms with Crippen LogP contribution in [-0.2, 0) is 20.6 Å². The number of rotatable bonds is 10. The third kappa shape index (κ3) is 6.23. The Labute approximate surface area is 183 Å². The van der Waals surface area contributed by atoms with Crippen molar-refractivity contribution >= 4 is 27.7 Å². The van der Waals surface area contributed by atoms with E-state index in [1.54, 1.807) is 36.0 Å². The zero-order chi connectivity index (χ0) is 21.4. The highest BCUT2D eigenvalue weighted by molar-refractivity contribution is 7.99. The molecule has 2 aromatic rings. The summed E-state index contributed by atoms with van der Waals surface area (Å²) in [5.41, 5.74) is 1.20. The van der Waals surface area contributed by atoms with Crippen LogP contribution in [0, 0.1) is 0 Å². The number of carbonyl (C=O) groups is 1. The van der Waals surface area contributed by atoms with Gasteiger partial charge in [-0.1, -0.05) is 30.3 Å². The molecule has 162 valence electrons. The molecule has 0 saturated carbocycles. The number of nitrogens with one attached hydrogen (secondary N) is 1. The zero-order valence-corrected chi connectivity index (χ0v) is 18.8. The first kappa shape index (κ1) is 22.7. The van der Waals surface area contributed by atoms with Gasteiger partial charge in [-0.3, -0.25) is 4.79 Å². The molecule has 1 N–H and O–H groups in total. The van der Waals surface area contributed by atoms with Crippen molar-refractivity contribution in [2.75, 3.05) is 26.2 Å². The van der Waals surface area contributed by atoms with E-state index in [-0.39, 0.29) is 16.1 Å². The molecule has 1 saturated heterocycles. The van der Waals surface area contributed by atoms with Crippen molar-refractivity contribution in [1.29, 1.82) is 0 Å². The van der Waals surface area contributed by atoms with Crippen LogP contribution in [0.3, 0.4) is 0 Å². The van der Waals surface area contributed by atoms with Crippen molar-refractivity contribution in [2.24, 2.45) is 0 Å². The Bertz CT molecular complexity index is 912. The number of carbonyl (C=O) groups excluding carboxylic acids is 1. The first-order chi connectivity index (χ1) is 14.5. The van der Waals surface area contributed by atoms with Gasteiger partial charge in [0.2, 0.25) is 15.9 Å². The van der Waals surface area contributed by atoms with Crippen LogP contribution in [-0.4, -0.2) is 50.1 Å². The van der Waals surface area contributed by atoms with E-state index in [1.807, 2.05) is 37.3 Å². The monoisotopic (exact) mass is 448 g/mol. The smallest absolute Gasteiger partial charge is 0.243 e. The van der Waals surface area contributed by atoms with E-state index in [0.29, 0.717) is 32.0 Å². The molecular weight excluding hydrogens is 420 g/mol. The number of sulfonamides is 1. The van der Waals surface area contributed by atoms with Crippen molar-refractivity contribution in [3.05, 3.63) is 60.2 Å². The number of thioether (sulfide) groups is 1. The molecule has 6 nitrogen and oxygen atoms in total. The molecule has 0 aliphatic carbocycles. The summed E-state index contributed by atoms with van der Waals surface area (Å²) in [6.45, 7) is 3.77. The van der Waals surface area contributed by atoms with E-state index in [4.69, 9.17) is 4.74 Å². The molecule has 30 heavy (non-hydrogen) atoms. The van der Waals surface area contributed by atoms with Gasteiger partial charge < -0.3 is 10.1 Å². The van der Waals surface area contributed by atoms with Gasteiger partial charge in [0.05, 0.1) is 16.7 Å². The lowest BCUT2D eigenvalue weighted by Crippen LogP contribution is -2.34. The molecule has 8 heteroatoms. The molecule has 1 amide bonds. The first-order valence-corrected chi connectivity index (χ1v) is 12.6. The lowest BCUT2D eigenvalue weighted by atomic mass is 10.2. The van der Waals surface area contributed by atoms with Crippen molar-refractivity contribution in [1.82, 2.24) is 9.62 Å². The molecule has 1 unspecified atom stereocenters. The Morgan fingerprint density at radius 2 is 1.77 bits per heavy atom. The summed E-state index contributed by atoms with van der Waals surface area (Å²) >= 11 is 1.59. The van der Waals surface area contributed by atoms with Gasteiger partial charge in [-0.25, -0.2) is 8.42 Å². The molecule has 1 heterocycles. The summed E-state index contributed by atoms with van der Waals surface area (Å²) < 4.78 is 32.2. The lowest BCUT2D eigenvalue weighted by molar-refractivity contribution is -0.120. The molecule has 1 fully saturated rings. The van der Waals surface area contributed by atoms with Gasteiger partial charge >= 0.3 is 0 Å². The standard InChI is InChI=1S/C22H28N2O4S2/c1-18(29-17-19-7-3-2-4-8-19)22(25)23-13-16-28-20-9-11-21(12-10-20)30(26,27)24-14-5-6-15-24/h2-4,7-12,18H,5-6,13-17H2,1H3,(H,23,25). The Morgan fingerprint density at radius 3 is 2.43 bits per heavy atom. The van der Waals surface area contributed by atoms with Crippen LogP contribution in [0.1, 0.15) is 25.3 Å². The predicted molar refractivity (Wildman–Crippen MR) is 120 cm³/mol. The molecule has 0 bridgehead atoms. The van der Waals surface area contributed by atoms with Gasteiger partial charge in [0.1, 0.15) is 12.4 Å². The molecule has 1 atom stereocenters. The molecule has 3 rings (SSSR count). The van der Waals surface area contributed by atoms with E-state index >= 15 is 0 Å². The van der Waals surface area contributed by atoms with Crippen LogP contribution < -0.4 is 10.1 Å². The van der Waals surface area contributed by atoms with Crippen molar-refractivity contribution < 1.29 is 17.9 Å². The molecule has 1 aliphatic heterocycles. The normalized spacial score (nSPS) is 15.6. The van der Waals surface area contributed by atoms with Gasteiger partial charge in [-0.2, -0.15) is 4.31 Å². The minimum Gasteiger partial charge on any atom is -0.492 e. The Morgan fingerprint density at radius 1 is 1.10 bits per heavy atom. The number of hydrogen-bond acceptors (Lipinski definition) is 5. The topological polar surface area (TPSA) is 75.7 Å². The maximum absolute atomic E-state index is 12.5. The molecule has 1 aliphatic rings. The van der Waals surface area contributed by atoms with Crippen LogP contribution in [0.4, 0.5) is 0 Å². The number of amides is 1. The zero-order valence-electron chi connectivity index (χ0n) is 17.1. The largest absolute Gasteiger partial charge is 0.492 e. The average molecular weight is 449 g/mol. The average Bonchev–Trinajstić information content (AvgIpc) is 3.32. The Hall–Kier alpha value is -2.03. The summed E-state index contributed by atoms with van der Waals surface area (Å²) in [5.74, 6) is 1.35. The second kappa shape index (κ2) is 10.8. The van der Waals surface area contributed by atoms with Crippen LogP contribution in [0.2, 0.25) is 0 Å². The van der Waals surface area contributed by atoms with Crippen LogP contribution in [0.25, 0.3) is 0 Å². The minimum atomic E-state index is -3.41. The summed E-state index contributed by atoms with van der Waals surface area (Å²) in [7, 11) is -3.41. The van der Waals surface area contributed by atoms with Crippen LogP contribution in [0.5, 0.6) is 5.75 Å². The second-order valence-corrected chi connectivity index (χ2v) is 10.4. The fraction of sp³-hybridized carbons (Fsp3) is 0.409. The van der Waals surface area contributed by atoms with E-state index in [2.05, 4.69) is 5.32 Å². The SMILES string of the molecule is CC(SCc1ccccc1)C(=O)NCCOc1ccc(S(=O)(=O)N2CCCC2)cc1. The third-order valence-electron chi connectivity index (χ3n) is 4.91. The van der Waals surface area contributed by atoms with E-state index < -0.39 is 10.0 Å². The minimum absolute atomic E-state index is 0.0217. The Kier molecular flexibility index (Phi) is 8.18. The van der Waals surface area contributed by atoms with Gasteiger partial charge in [0.25, 0.3) is 0 Å². The highest BCUT2D eigenvalue weighted by atomic mass is 32.2. The van der Waals surface area contributed by atoms with E-state index in [1.165, 1.54) is 9.87 Å². The number of nitrogens with zero attached hydrogens (tertiary/aromatic N) is 1. The van der Waals surface area contributed by atoms with Gasteiger partial charge in [-0.15, -0.1) is 11.8 Å². The quantitative estimate of drug-likeness (QED) is 0.565. The van der Waals surface area contributed by atoms with Gasteiger partial charge in [-0.05, 0) is 49.6 Å². The summed E-state index contributed by atoms with van der Waals surface area (Å²) in [6.07, 6.45) is 1.82. The molecular formula is C22H28N2O4S2. The number of hydrogen-bond donors (Lipinski definition) is 1. The second-order valence-electron chi connectivity index (χ2n) is 7.16. The van der Waals surface area contributed by atoms with Crippen molar-refractivity contribution in [2.45, 2.75) is 35.7 Å². The summed E-state index contributed by atoms with van der Waals surface area (Å²) in [5, 5.41) is 2.72. The van der Waals surface area contributed by atoms with Gasteiger partial charge in [0.15, 0.2) is 0 Å². The molecule has 2 aromatic carbocycles. The number of benzene rings is 2. The van der Waals surface area contributed by atoms with Gasteiger partial charge in [0, 0.05) is 18.8 Å². The van der Waals surface area contributed by atoms with Crippen molar-refractivity contribution in [3.8, 4) is 5.75 Å². The summed E-state index contributed by atoms with van der Waals surface area (Å²) in [4.78, 5) is 12.5. The predicted octanol–water partition coefficient (Wildman–Crippen LogP) is 3.29. The summed E-state index contributed by atoms with van der Waals surface area (Å²) in [6, 6.07) is 16.5. The molecule has 0 aromatic heterocycles. The highest BCUT2D eigenvalue weighted by Gasteiger charge is 2.26. The fourth-order valence-corrected chi connectivity index (χ4v) is 5.53. The maximum Gasteiger partial charge on any atom is 0.243 e. The Balaban J connectivity index is 1.38. The lowest BCUT2D eigenvalue weighted by Gasteiger charge is -2.16. The highest BCUT2D eigenvalue weighted by Crippen LogP contribution is 2.23. The van der Waals surface area contributed by atoms with E-state index in [9.17, 15) is 13.2 Å². The molecule has 0 radical (unpaired) electrons. The van der Waals surface area contributed by atoms with Crippen LogP contribution in [0.15, 0.2) is 59.5 Å².